The highest BCUT2D eigenvalue weighted by Gasteiger charge is 2.17. The van der Waals surface area contributed by atoms with E-state index in [0.29, 0.717) is 19.8 Å². The van der Waals surface area contributed by atoms with E-state index in [1.165, 1.54) is 11.3 Å². The number of amides is 1. The SMILES string of the molecule is Cc1ccc(C)c(C(=O)Nc2nnc(-c3cc(Cl)sc3Cl)o2)c1. The van der Waals surface area contributed by atoms with Crippen molar-refractivity contribution in [3.05, 3.63) is 49.6 Å². The second-order valence-corrected chi connectivity index (χ2v) is 7.21. The average molecular weight is 368 g/mol. The molecule has 8 heteroatoms. The number of carbonyl (C=O) groups excluding carboxylic acids is 1. The van der Waals surface area contributed by atoms with Crippen LogP contribution < -0.4 is 5.32 Å². The third-order valence-electron chi connectivity index (χ3n) is 3.17. The predicted molar refractivity (Wildman–Crippen MR) is 91.5 cm³/mol. The van der Waals surface area contributed by atoms with Crippen molar-refractivity contribution in [2.24, 2.45) is 0 Å². The first kappa shape index (κ1) is 16.0. The lowest BCUT2D eigenvalue weighted by Crippen LogP contribution is -2.13. The molecule has 0 aliphatic rings. The fourth-order valence-electron chi connectivity index (χ4n) is 2.01. The third kappa shape index (κ3) is 3.39. The van der Waals surface area contributed by atoms with Crippen molar-refractivity contribution in [2.45, 2.75) is 13.8 Å². The Morgan fingerprint density at radius 2 is 2.00 bits per heavy atom. The monoisotopic (exact) mass is 367 g/mol. The fourth-order valence-corrected chi connectivity index (χ4v) is 3.46. The van der Waals surface area contributed by atoms with E-state index in [4.69, 9.17) is 27.6 Å². The quantitative estimate of drug-likeness (QED) is 0.708. The van der Waals surface area contributed by atoms with Gasteiger partial charge in [-0.2, -0.15) is 0 Å². The number of halogens is 2. The van der Waals surface area contributed by atoms with Crippen LogP contribution in [0.15, 0.2) is 28.7 Å². The van der Waals surface area contributed by atoms with Gasteiger partial charge in [-0.05, 0) is 31.5 Å². The maximum absolute atomic E-state index is 12.3. The van der Waals surface area contributed by atoms with Crippen LogP contribution in [0.1, 0.15) is 21.5 Å². The third-order valence-corrected chi connectivity index (χ3v) is 4.66. The second kappa shape index (κ2) is 6.31. The molecule has 0 atom stereocenters. The van der Waals surface area contributed by atoms with Crippen LogP contribution in [-0.2, 0) is 0 Å². The first-order valence-corrected chi connectivity index (χ1v) is 8.18. The Labute approximate surface area is 146 Å². The molecule has 1 N–H and O–H groups in total. The van der Waals surface area contributed by atoms with Gasteiger partial charge in [0, 0.05) is 5.56 Å². The lowest BCUT2D eigenvalue weighted by molar-refractivity contribution is 0.102. The zero-order chi connectivity index (χ0) is 16.6. The van der Waals surface area contributed by atoms with E-state index in [0.717, 1.165) is 11.1 Å². The van der Waals surface area contributed by atoms with Crippen LogP contribution in [0.5, 0.6) is 0 Å². The molecule has 1 aromatic carbocycles. The first-order valence-electron chi connectivity index (χ1n) is 6.61. The molecule has 5 nitrogen and oxygen atoms in total. The molecule has 0 aliphatic heterocycles. The summed E-state index contributed by atoms with van der Waals surface area (Å²) in [4.78, 5) is 12.3. The maximum atomic E-state index is 12.3. The first-order chi connectivity index (χ1) is 10.9. The molecule has 2 aromatic heterocycles. The van der Waals surface area contributed by atoms with Crippen molar-refractivity contribution < 1.29 is 9.21 Å². The maximum Gasteiger partial charge on any atom is 0.322 e. The highest BCUT2D eigenvalue weighted by Crippen LogP contribution is 2.37. The van der Waals surface area contributed by atoms with Crippen molar-refractivity contribution in [3.63, 3.8) is 0 Å². The Hall–Kier alpha value is -1.89. The summed E-state index contributed by atoms with van der Waals surface area (Å²) < 4.78 is 6.40. The number of nitrogens with one attached hydrogen (secondary N) is 1. The molecular formula is C15H11Cl2N3O2S. The second-order valence-electron chi connectivity index (χ2n) is 4.92. The summed E-state index contributed by atoms with van der Waals surface area (Å²) >= 11 is 13.1. The molecule has 0 aliphatic carbocycles. The molecule has 0 unspecified atom stereocenters. The Balaban J connectivity index is 1.83. The average Bonchev–Trinajstić information content (AvgIpc) is 3.07. The highest BCUT2D eigenvalue weighted by atomic mass is 35.5. The number of aryl methyl sites for hydroxylation is 2. The minimum Gasteiger partial charge on any atom is -0.403 e. The van der Waals surface area contributed by atoms with E-state index in [2.05, 4.69) is 15.5 Å². The highest BCUT2D eigenvalue weighted by molar-refractivity contribution is 7.20. The normalized spacial score (nSPS) is 10.8. The van der Waals surface area contributed by atoms with Gasteiger partial charge in [-0.15, -0.1) is 16.4 Å². The Morgan fingerprint density at radius 3 is 2.70 bits per heavy atom. The standard InChI is InChI=1S/C15H11Cl2N3O2S/c1-7-3-4-8(2)9(5-7)13(21)18-15-20-19-14(22-15)10-6-11(16)23-12(10)17/h3-6H,1-2H3,(H,18,20,21). The summed E-state index contributed by atoms with van der Waals surface area (Å²) in [6.45, 7) is 3.78. The van der Waals surface area contributed by atoms with Crippen LogP contribution in [0.2, 0.25) is 8.67 Å². The van der Waals surface area contributed by atoms with Crippen molar-refractivity contribution in [1.29, 1.82) is 0 Å². The van der Waals surface area contributed by atoms with Gasteiger partial charge in [0.1, 0.15) is 4.34 Å². The van der Waals surface area contributed by atoms with Gasteiger partial charge in [-0.3, -0.25) is 10.1 Å². The summed E-state index contributed by atoms with van der Waals surface area (Å²) in [6.07, 6.45) is 0. The smallest absolute Gasteiger partial charge is 0.322 e. The summed E-state index contributed by atoms with van der Waals surface area (Å²) in [5.74, 6) is -0.106. The van der Waals surface area contributed by atoms with Crippen LogP contribution in [0.25, 0.3) is 11.5 Å². The number of hydrogen-bond acceptors (Lipinski definition) is 5. The molecule has 3 rings (SSSR count). The van der Waals surface area contributed by atoms with Gasteiger partial charge in [0.2, 0.25) is 0 Å². The van der Waals surface area contributed by atoms with Gasteiger partial charge >= 0.3 is 6.01 Å². The predicted octanol–water partition coefficient (Wildman–Crippen LogP) is 4.97. The van der Waals surface area contributed by atoms with E-state index in [1.54, 1.807) is 12.1 Å². The summed E-state index contributed by atoms with van der Waals surface area (Å²) in [5, 5.41) is 10.3. The van der Waals surface area contributed by atoms with E-state index in [-0.39, 0.29) is 17.8 Å². The number of hydrogen-bond donors (Lipinski definition) is 1. The van der Waals surface area contributed by atoms with Gasteiger partial charge in [0.25, 0.3) is 11.8 Å². The molecule has 118 valence electrons. The minimum absolute atomic E-state index is 0.00398. The Kier molecular flexibility index (Phi) is 4.39. The van der Waals surface area contributed by atoms with Crippen LogP contribution in [0.3, 0.4) is 0 Å². The van der Waals surface area contributed by atoms with Gasteiger partial charge in [-0.25, -0.2) is 0 Å². The van der Waals surface area contributed by atoms with E-state index < -0.39 is 0 Å². The number of aromatic nitrogens is 2. The molecule has 0 fully saturated rings. The van der Waals surface area contributed by atoms with E-state index in [9.17, 15) is 4.79 Å². The zero-order valence-electron chi connectivity index (χ0n) is 12.2. The van der Waals surface area contributed by atoms with Crippen LogP contribution >= 0.6 is 34.5 Å². The largest absolute Gasteiger partial charge is 0.403 e. The molecule has 2 heterocycles. The van der Waals surface area contributed by atoms with Gasteiger partial charge < -0.3 is 4.42 Å². The molecule has 0 saturated carbocycles. The van der Waals surface area contributed by atoms with Crippen molar-refractivity contribution in [3.8, 4) is 11.5 Å². The lowest BCUT2D eigenvalue weighted by Gasteiger charge is -2.05. The van der Waals surface area contributed by atoms with Crippen LogP contribution in [0.4, 0.5) is 6.01 Å². The Bertz CT molecular complexity index is 889. The van der Waals surface area contributed by atoms with Crippen LogP contribution in [0, 0.1) is 13.8 Å². The summed E-state index contributed by atoms with van der Waals surface area (Å²) in [7, 11) is 0. The number of rotatable bonds is 3. The van der Waals surface area contributed by atoms with Gasteiger partial charge in [0.05, 0.1) is 9.90 Å². The van der Waals surface area contributed by atoms with Crippen LogP contribution in [-0.4, -0.2) is 16.1 Å². The summed E-state index contributed by atoms with van der Waals surface area (Å²) in [6, 6.07) is 7.27. The fraction of sp³-hybridized carbons (Fsp3) is 0.133. The molecule has 23 heavy (non-hydrogen) atoms. The molecule has 0 bridgehead atoms. The number of carbonyl (C=O) groups is 1. The van der Waals surface area contributed by atoms with Gasteiger partial charge in [-0.1, -0.05) is 46.0 Å². The number of benzene rings is 1. The molecule has 0 radical (unpaired) electrons. The number of anilines is 1. The molecular weight excluding hydrogens is 357 g/mol. The van der Waals surface area contributed by atoms with Crippen molar-refractivity contribution in [1.82, 2.24) is 10.2 Å². The Morgan fingerprint density at radius 1 is 1.22 bits per heavy atom. The van der Waals surface area contributed by atoms with Crippen molar-refractivity contribution in [2.75, 3.05) is 5.32 Å². The minimum atomic E-state index is -0.309. The van der Waals surface area contributed by atoms with E-state index >= 15 is 0 Å². The van der Waals surface area contributed by atoms with Gasteiger partial charge in [0.15, 0.2) is 0 Å². The number of nitrogens with zero attached hydrogens (tertiary/aromatic N) is 2. The van der Waals surface area contributed by atoms with E-state index in [1.807, 2.05) is 26.0 Å². The molecule has 0 spiro atoms. The van der Waals surface area contributed by atoms with Crippen molar-refractivity contribution >= 4 is 46.5 Å². The molecule has 0 saturated heterocycles. The number of thiophene rings is 1. The molecule has 1 amide bonds. The lowest BCUT2D eigenvalue weighted by atomic mass is 10.1. The molecule has 3 aromatic rings. The zero-order valence-corrected chi connectivity index (χ0v) is 14.5. The topological polar surface area (TPSA) is 68.0 Å². The summed E-state index contributed by atoms with van der Waals surface area (Å²) in [5.41, 5.74) is 2.95.